The summed E-state index contributed by atoms with van der Waals surface area (Å²) in [5, 5.41) is 19.7. The Morgan fingerprint density at radius 1 is 1.63 bits per heavy atom. The number of hydrogen-bond donors (Lipinski definition) is 1. The predicted octanol–water partition coefficient (Wildman–Crippen LogP) is 1.68. The molecule has 0 aromatic carbocycles. The average molecular weight is 265 g/mol. The van der Waals surface area contributed by atoms with Crippen LogP contribution in [-0.2, 0) is 4.79 Å². The van der Waals surface area contributed by atoms with Gasteiger partial charge < -0.3 is 10.0 Å². The molecule has 1 N–H and O–H groups in total. The Morgan fingerprint density at radius 3 is 2.95 bits per heavy atom. The predicted molar refractivity (Wildman–Crippen MR) is 68.1 cm³/mol. The average Bonchev–Trinajstić information content (AvgIpc) is 2.38. The molecule has 2 rings (SSSR count). The first-order valence-corrected chi connectivity index (χ1v) is 6.09. The number of rotatable bonds is 3. The van der Waals surface area contributed by atoms with E-state index >= 15 is 0 Å². The maximum Gasteiger partial charge on any atom is 0.306 e. The number of carboxylic acids is 1. The molecule has 19 heavy (non-hydrogen) atoms. The number of hydrogen-bond acceptors (Lipinski definition) is 5. The minimum Gasteiger partial charge on any atom is -0.481 e. The Labute approximate surface area is 110 Å². The van der Waals surface area contributed by atoms with Crippen molar-refractivity contribution in [3.8, 4) is 0 Å². The lowest BCUT2D eigenvalue weighted by Gasteiger charge is -2.36. The van der Waals surface area contributed by atoms with Crippen LogP contribution in [0.5, 0.6) is 0 Å². The van der Waals surface area contributed by atoms with Crippen LogP contribution in [0.4, 0.5) is 11.5 Å². The van der Waals surface area contributed by atoms with Gasteiger partial charge in [0.2, 0.25) is 0 Å². The van der Waals surface area contributed by atoms with Gasteiger partial charge in [0.25, 0.3) is 5.69 Å². The quantitative estimate of drug-likeness (QED) is 0.659. The highest BCUT2D eigenvalue weighted by Crippen LogP contribution is 2.28. The fourth-order valence-corrected chi connectivity index (χ4v) is 2.42. The lowest BCUT2D eigenvalue weighted by atomic mass is 9.92. The summed E-state index contributed by atoms with van der Waals surface area (Å²) in [6, 6.07) is 2.78. The normalized spacial score (nSPS) is 23.1. The molecule has 102 valence electrons. The Balaban J connectivity index is 2.17. The van der Waals surface area contributed by atoms with Gasteiger partial charge in [0, 0.05) is 24.8 Å². The molecule has 0 radical (unpaired) electrons. The highest BCUT2D eigenvalue weighted by molar-refractivity contribution is 5.70. The van der Waals surface area contributed by atoms with Gasteiger partial charge >= 0.3 is 5.97 Å². The number of anilines is 1. The van der Waals surface area contributed by atoms with Crippen molar-refractivity contribution in [2.75, 3.05) is 11.4 Å². The minimum absolute atomic E-state index is 0.00226. The van der Waals surface area contributed by atoms with Crippen molar-refractivity contribution in [2.24, 2.45) is 5.92 Å². The first kappa shape index (κ1) is 13.3. The molecule has 2 heterocycles. The third kappa shape index (κ3) is 2.81. The molecule has 2 atom stereocenters. The summed E-state index contributed by atoms with van der Waals surface area (Å²) in [5.74, 6) is -0.589. The number of pyridine rings is 1. The molecular formula is C12H15N3O4. The van der Waals surface area contributed by atoms with Gasteiger partial charge in [-0.1, -0.05) is 0 Å². The van der Waals surface area contributed by atoms with Gasteiger partial charge in [-0.05, 0) is 19.8 Å². The lowest BCUT2D eigenvalue weighted by molar-refractivity contribution is -0.384. The highest BCUT2D eigenvalue weighted by atomic mass is 16.6. The Kier molecular flexibility index (Phi) is 3.64. The van der Waals surface area contributed by atoms with Gasteiger partial charge in [0.15, 0.2) is 0 Å². The first-order valence-electron chi connectivity index (χ1n) is 6.09. The maximum absolute atomic E-state index is 11.0. The van der Waals surface area contributed by atoms with Crippen molar-refractivity contribution in [1.29, 1.82) is 0 Å². The molecule has 1 fully saturated rings. The molecule has 0 spiro atoms. The monoisotopic (exact) mass is 265 g/mol. The van der Waals surface area contributed by atoms with Crippen molar-refractivity contribution in [1.82, 2.24) is 4.98 Å². The lowest BCUT2D eigenvalue weighted by Crippen LogP contribution is -2.43. The molecule has 0 aliphatic carbocycles. The summed E-state index contributed by atoms with van der Waals surface area (Å²) >= 11 is 0. The second kappa shape index (κ2) is 5.21. The zero-order valence-electron chi connectivity index (χ0n) is 10.5. The van der Waals surface area contributed by atoms with Crippen molar-refractivity contribution in [3.05, 3.63) is 28.4 Å². The summed E-state index contributed by atoms with van der Waals surface area (Å²) < 4.78 is 0. The SMILES string of the molecule is CC1CC(C(=O)O)CCN1c1cc([N+](=O)[O-])ccn1. The van der Waals surface area contributed by atoms with E-state index in [0.29, 0.717) is 25.2 Å². The number of nitrogens with zero attached hydrogens (tertiary/aromatic N) is 3. The van der Waals surface area contributed by atoms with Crippen LogP contribution in [0.3, 0.4) is 0 Å². The molecule has 1 aromatic heterocycles. The zero-order chi connectivity index (χ0) is 14.0. The molecule has 2 unspecified atom stereocenters. The molecule has 1 saturated heterocycles. The van der Waals surface area contributed by atoms with Crippen molar-refractivity contribution < 1.29 is 14.8 Å². The van der Waals surface area contributed by atoms with Crippen LogP contribution in [0.1, 0.15) is 19.8 Å². The van der Waals surface area contributed by atoms with E-state index in [1.165, 1.54) is 18.3 Å². The Morgan fingerprint density at radius 2 is 2.37 bits per heavy atom. The van der Waals surface area contributed by atoms with Gasteiger partial charge in [-0.3, -0.25) is 14.9 Å². The van der Waals surface area contributed by atoms with Gasteiger partial charge in [-0.25, -0.2) is 4.98 Å². The molecular weight excluding hydrogens is 250 g/mol. The topological polar surface area (TPSA) is 96.6 Å². The molecule has 1 aliphatic rings. The van der Waals surface area contributed by atoms with Gasteiger partial charge in [-0.2, -0.15) is 0 Å². The van der Waals surface area contributed by atoms with Crippen molar-refractivity contribution in [3.63, 3.8) is 0 Å². The van der Waals surface area contributed by atoms with Crippen LogP contribution in [0, 0.1) is 16.0 Å². The van der Waals surface area contributed by atoms with E-state index in [0.717, 1.165) is 0 Å². The van der Waals surface area contributed by atoms with Gasteiger partial charge in [0.05, 0.1) is 16.9 Å². The number of piperidine rings is 1. The van der Waals surface area contributed by atoms with Crippen LogP contribution in [0.2, 0.25) is 0 Å². The second-order valence-corrected chi connectivity index (χ2v) is 4.73. The van der Waals surface area contributed by atoms with Crippen LogP contribution >= 0.6 is 0 Å². The third-order valence-corrected chi connectivity index (χ3v) is 3.46. The number of aromatic nitrogens is 1. The smallest absolute Gasteiger partial charge is 0.306 e. The number of nitro groups is 1. The van der Waals surface area contributed by atoms with E-state index in [-0.39, 0.29) is 17.6 Å². The summed E-state index contributed by atoms with van der Waals surface area (Å²) in [7, 11) is 0. The van der Waals surface area contributed by atoms with Crippen LogP contribution in [-0.4, -0.2) is 33.6 Å². The summed E-state index contributed by atoms with van der Waals surface area (Å²) in [6.07, 6.45) is 2.47. The van der Waals surface area contributed by atoms with E-state index < -0.39 is 10.9 Å². The van der Waals surface area contributed by atoms with Crippen LogP contribution in [0.15, 0.2) is 18.3 Å². The van der Waals surface area contributed by atoms with Crippen LogP contribution in [0.25, 0.3) is 0 Å². The third-order valence-electron chi connectivity index (χ3n) is 3.46. The largest absolute Gasteiger partial charge is 0.481 e. The molecule has 7 heteroatoms. The fraction of sp³-hybridized carbons (Fsp3) is 0.500. The van der Waals surface area contributed by atoms with Crippen molar-refractivity contribution >= 4 is 17.5 Å². The molecule has 1 aliphatic heterocycles. The van der Waals surface area contributed by atoms with E-state index in [4.69, 9.17) is 5.11 Å². The maximum atomic E-state index is 11.0. The fourth-order valence-electron chi connectivity index (χ4n) is 2.42. The van der Waals surface area contributed by atoms with Gasteiger partial charge in [0.1, 0.15) is 5.82 Å². The summed E-state index contributed by atoms with van der Waals surface area (Å²) in [4.78, 5) is 27.3. The second-order valence-electron chi connectivity index (χ2n) is 4.73. The van der Waals surface area contributed by atoms with E-state index in [9.17, 15) is 14.9 Å². The number of aliphatic carboxylic acids is 1. The first-order chi connectivity index (χ1) is 8.99. The Hall–Kier alpha value is -2.18. The summed E-state index contributed by atoms with van der Waals surface area (Å²) in [6.45, 7) is 2.46. The molecule has 0 saturated carbocycles. The van der Waals surface area contributed by atoms with Gasteiger partial charge in [-0.15, -0.1) is 0 Å². The standard InChI is InChI=1S/C12H15N3O4/c1-8-6-9(12(16)17)3-5-14(8)11-7-10(15(18)19)2-4-13-11/h2,4,7-9H,3,5-6H2,1H3,(H,16,17). The van der Waals surface area contributed by atoms with Crippen LogP contribution < -0.4 is 4.90 Å². The van der Waals surface area contributed by atoms with E-state index in [2.05, 4.69) is 4.98 Å². The molecule has 1 aromatic rings. The highest BCUT2D eigenvalue weighted by Gasteiger charge is 2.30. The summed E-state index contributed by atoms with van der Waals surface area (Å²) in [5.41, 5.74) is -0.00226. The zero-order valence-corrected chi connectivity index (χ0v) is 10.5. The number of carboxylic acid groups (broad SMARTS) is 1. The van der Waals surface area contributed by atoms with E-state index in [1.54, 1.807) is 0 Å². The van der Waals surface area contributed by atoms with Crippen molar-refractivity contribution in [2.45, 2.75) is 25.8 Å². The molecule has 7 nitrogen and oxygen atoms in total. The minimum atomic E-state index is -0.779. The molecule has 0 bridgehead atoms. The van der Waals surface area contributed by atoms with E-state index in [1.807, 2.05) is 11.8 Å². The molecule has 0 amide bonds. The Bertz CT molecular complexity index is 506. The number of carbonyl (C=O) groups is 1.